The van der Waals surface area contributed by atoms with E-state index in [1.807, 2.05) is 0 Å². The summed E-state index contributed by atoms with van der Waals surface area (Å²) in [5, 5.41) is 2.85. The van der Waals surface area contributed by atoms with Gasteiger partial charge in [-0.3, -0.25) is 4.79 Å². The van der Waals surface area contributed by atoms with Gasteiger partial charge in [0, 0.05) is 13.0 Å². The maximum Gasteiger partial charge on any atom is 0.220 e. The van der Waals surface area contributed by atoms with Gasteiger partial charge in [-0.05, 0) is 11.3 Å². The third-order valence-corrected chi connectivity index (χ3v) is 2.65. The zero-order valence-corrected chi connectivity index (χ0v) is 6.90. The summed E-state index contributed by atoms with van der Waals surface area (Å²) in [7, 11) is 0. The smallest absolute Gasteiger partial charge is 0.220 e. The molecule has 2 heteroatoms. The second-order valence-corrected chi connectivity index (χ2v) is 3.76. The summed E-state index contributed by atoms with van der Waals surface area (Å²) in [5.74, 6) is 0.794. The largest absolute Gasteiger partial charge is 0.356 e. The van der Waals surface area contributed by atoms with Crippen LogP contribution in [0.5, 0.6) is 0 Å². The van der Waals surface area contributed by atoms with Gasteiger partial charge in [0.2, 0.25) is 5.91 Å². The fraction of sp³-hybridized carbons (Fsp3) is 0.875. The Labute approximate surface area is 62.0 Å². The van der Waals surface area contributed by atoms with Gasteiger partial charge in [-0.15, -0.1) is 0 Å². The van der Waals surface area contributed by atoms with Crippen molar-refractivity contribution < 1.29 is 4.79 Å². The second-order valence-electron chi connectivity index (χ2n) is 3.76. The first-order valence-electron chi connectivity index (χ1n) is 3.81. The van der Waals surface area contributed by atoms with E-state index in [4.69, 9.17) is 0 Å². The number of amides is 1. The Morgan fingerprint density at radius 3 is 2.40 bits per heavy atom. The Balaban J connectivity index is 2.63. The van der Waals surface area contributed by atoms with Crippen LogP contribution < -0.4 is 5.32 Å². The van der Waals surface area contributed by atoms with Crippen molar-refractivity contribution in [3.05, 3.63) is 0 Å². The fourth-order valence-corrected chi connectivity index (χ4v) is 1.20. The van der Waals surface area contributed by atoms with E-state index in [0.717, 1.165) is 6.54 Å². The Morgan fingerprint density at radius 1 is 1.60 bits per heavy atom. The molecule has 0 unspecified atom stereocenters. The van der Waals surface area contributed by atoms with Crippen molar-refractivity contribution in [3.63, 3.8) is 0 Å². The molecule has 0 saturated carbocycles. The minimum atomic E-state index is 0.205. The number of hydrogen-bond acceptors (Lipinski definition) is 1. The molecule has 0 aromatic carbocycles. The molecule has 58 valence electrons. The molecule has 1 amide bonds. The summed E-state index contributed by atoms with van der Waals surface area (Å²) in [5.41, 5.74) is 0.205. The number of carbonyl (C=O) groups excluding carboxylic acids is 1. The molecule has 0 spiro atoms. The van der Waals surface area contributed by atoms with E-state index in [0.29, 0.717) is 12.3 Å². The quantitative estimate of drug-likeness (QED) is 0.583. The van der Waals surface area contributed by atoms with Crippen LogP contribution in [0, 0.1) is 11.3 Å². The number of nitrogens with one attached hydrogen (secondary N) is 1. The van der Waals surface area contributed by atoms with Crippen molar-refractivity contribution in [1.29, 1.82) is 0 Å². The lowest BCUT2D eigenvalue weighted by Gasteiger charge is -2.25. The summed E-state index contributed by atoms with van der Waals surface area (Å²) < 4.78 is 0. The van der Waals surface area contributed by atoms with Crippen molar-refractivity contribution in [3.8, 4) is 0 Å². The topological polar surface area (TPSA) is 29.1 Å². The van der Waals surface area contributed by atoms with E-state index in [9.17, 15) is 4.79 Å². The summed E-state index contributed by atoms with van der Waals surface area (Å²) in [4.78, 5) is 10.9. The average Bonchev–Trinajstić information content (AvgIpc) is 2.13. The molecule has 1 aliphatic rings. The molecule has 0 aromatic rings. The van der Waals surface area contributed by atoms with E-state index in [2.05, 4.69) is 26.1 Å². The van der Waals surface area contributed by atoms with Crippen molar-refractivity contribution in [2.45, 2.75) is 27.2 Å². The summed E-state index contributed by atoms with van der Waals surface area (Å²) in [6.45, 7) is 7.35. The van der Waals surface area contributed by atoms with Crippen LogP contribution in [-0.2, 0) is 4.79 Å². The predicted octanol–water partition coefficient (Wildman–Crippen LogP) is 1.17. The molecule has 1 fully saturated rings. The number of carbonyl (C=O) groups is 1. The first kappa shape index (κ1) is 7.58. The molecule has 0 bridgehead atoms. The van der Waals surface area contributed by atoms with Crippen LogP contribution in [0.1, 0.15) is 27.2 Å². The molecular formula is C8H15NO. The molecule has 1 saturated heterocycles. The fourth-order valence-electron chi connectivity index (χ4n) is 1.20. The lowest BCUT2D eigenvalue weighted by molar-refractivity contribution is -0.119. The van der Waals surface area contributed by atoms with Crippen LogP contribution in [-0.4, -0.2) is 12.5 Å². The van der Waals surface area contributed by atoms with Gasteiger partial charge < -0.3 is 5.32 Å². The van der Waals surface area contributed by atoms with E-state index < -0.39 is 0 Å². The van der Waals surface area contributed by atoms with Gasteiger partial charge in [-0.1, -0.05) is 20.8 Å². The monoisotopic (exact) mass is 141 g/mol. The third kappa shape index (κ3) is 1.15. The standard InChI is InChI=1S/C8H15NO/c1-6(2)8(3)4-7(10)9-5-8/h6H,4-5H2,1-3H3,(H,9,10)/t8-/m1/s1. The van der Waals surface area contributed by atoms with Gasteiger partial charge in [-0.25, -0.2) is 0 Å². The molecule has 1 heterocycles. The number of rotatable bonds is 1. The maximum absolute atomic E-state index is 10.9. The first-order chi connectivity index (χ1) is 4.54. The second kappa shape index (κ2) is 2.26. The van der Waals surface area contributed by atoms with E-state index in [-0.39, 0.29) is 11.3 Å². The molecule has 10 heavy (non-hydrogen) atoms. The molecule has 2 nitrogen and oxygen atoms in total. The highest BCUT2D eigenvalue weighted by Gasteiger charge is 2.36. The average molecular weight is 141 g/mol. The normalized spacial score (nSPS) is 33.0. The molecule has 1 N–H and O–H groups in total. The highest BCUT2D eigenvalue weighted by Crippen LogP contribution is 2.33. The lowest BCUT2D eigenvalue weighted by atomic mass is 9.78. The van der Waals surface area contributed by atoms with Gasteiger partial charge in [-0.2, -0.15) is 0 Å². The Morgan fingerprint density at radius 2 is 2.20 bits per heavy atom. The predicted molar refractivity (Wildman–Crippen MR) is 40.6 cm³/mol. The highest BCUT2D eigenvalue weighted by molar-refractivity contribution is 5.79. The van der Waals surface area contributed by atoms with Crippen molar-refractivity contribution >= 4 is 5.91 Å². The van der Waals surface area contributed by atoms with Crippen LogP contribution in [0.25, 0.3) is 0 Å². The van der Waals surface area contributed by atoms with Crippen LogP contribution in [0.15, 0.2) is 0 Å². The molecule has 0 radical (unpaired) electrons. The lowest BCUT2D eigenvalue weighted by Crippen LogP contribution is -2.25. The van der Waals surface area contributed by atoms with Crippen LogP contribution in [0.2, 0.25) is 0 Å². The zero-order valence-electron chi connectivity index (χ0n) is 6.90. The minimum Gasteiger partial charge on any atom is -0.356 e. The summed E-state index contributed by atoms with van der Waals surface area (Å²) in [6, 6.07) is 0. The summed E-state index contributed by atoms with van der Waals surface area (Å²) in [6.07, 6.45) is 0.699. The molecule has 1 aliphatic heterocycles. The van der Waals surface area contributed by atoms with Crippen LogP contribution >= 0.6 is 0 Å². The molecule has 1 rings (SSSR count). The van der Waals surface area contributed by atoms with Crippen molar-refractivity contribution in [2.75, 3.05) is 6.54 Å². The zero-order chi connectivity index (χ0) is 7.78. The summed E-state index contributed by atoms with van der Waals surface area (Å²) >= 11 is 0. The molecule has 0 aliphatic carbocycles. The van der Waals surface area contributed by atoms with Gasteiger partial charge in [0.05, 0.1) is 0 Å². The van der Waals surface area contributed by atoms with E-state index >= 15 is 0 Å². The minimum absolute atomic E-state index is 0.205. The Bertz CT molecular complexity index is 153. The van der Waals surface area contributed by atoms with Crippen LogP contribution in [0.4, 0.5) is 0 Å². The number of hydrogen-bond donors (Lipinski definition) is 1. The van der Waals surface area contributed by atoms with Gasteiger partial charge in [0.15, 0.2) is 0 Å². The van der Waals surface area contributed by atoms with Gasteiger partial charge in [0.1, 0.15) is 0 Å². The maximum atomic E-state index is 10.9. The van der Waals surface area contributed by atoms with Crippen molar-refractivity contribution in [2.24, 2.45) is 11.3 Å². The highest BCUT2D eigenvalue weighted by atomic mass is 16.1. The Kier molecular flexibility index (Phi) is 1.71. The van der Waals surface area contributed by atoms with E-state index in [1.165, 1.54) is 0 Å². The SMILES string of the molecule is CC(C)[C@@]1(C)CNC(=O)C1. The molecular weight excluding hydrogens is 126 g/mol. The van der Waals surface area contributed by atoms with Crippen molar-refractivity contribution in [1.82, 2.24) is 5.32 Å². The van der Waals surface area contributed by atoms with E-state index in [1.54, 1.807) is 0 Å². The van der Waals surface area contributed by atoms with Gasteiger partial charge in [0.25, 0.3) is 0 Å². The third-order valence-electron chi connectivity index (χ3n) is 2.65. The molecule has 1 atom stereocenters. The Hall–Kier alpha value is -0.530. The molecule has 0 aromatic heterocycles. The first-order valence-corrected chi connectivity index (χ1v) is 3.81. The van der Waals surface area contributed by atoms with Gasteiger partial charge >= 0.3 is 0 Å². The van der Waals surface area contributed by atoms with Crippen LogP contribution in [0.3, 0.4) is 0 Å².